The Balaban J connectivity index is 5.15. The second-order valence-corrected chi connectivity index (χ2v) is 12.2. The molecular weight excluding hydrogens is 659 g/mol. The van der Waals surface area contributed by atoms with Crippen molar-refractivity contribution < 1.29 is 56.3 Å². The second kappa shape index (κ2) is 11.4. The lowest BCUT2D eigenvalue weighted by Crippen LogP contribution is -2.28. The van der Waals surface area contributed by atoms with Gasteiger partial charge in [-0.05, 0) is 13.8 Å². The molecule has 0 radical (unpaired) electrons. The summed E-state index contributed by atoms with van der Waals surface area (Å²) >= 11 is 3.81. The molecule has 27 heavy (non-hydrogen) atoms. The van der Waals surface area contributed by atoms with Crippen molar-refractivity contribution >= 4 is 68.6 Å². The highest BCUT2D eigenvalue weighted by molar-refractivity contribution is 14.1. The Hall–Kier alpha value is 1.79. The van der Waals surface area contributed by atoms with Crippen molar-refractivity contribution in [2.45, 2.75) is 37.9 Å². The molecule has 0 amide bonds. The lowest BCUT2D eigenvalue weighted by Gasteiger charge is -2.25. The van der Waals surface area contributed by atoms with E-state index in [2.05, 4.69) is 8.62 Å². The van der Waals surface area contributed by atoms with Crippen molar-refractivity contribution in [1.29, 1.82) is 0 Å². The van der Waals surface area contributed by atoms with E-state index in [-0.39, 0.29) is 12.8 Å². The monoisotopic (exact) mass is 682 g/mol. The average Bonchev–Trinajstić information content (AvgIpc) is 2.43. The Morgan fingerprint density at radius 3 is 1.48 bits per heavy atom. The third-order valence-electron chi connectivity index (χ3n) is 2.77. The van der Waals surface area contributed by atoms with Gasteiger partial charge in [-0.15, -0.1) is 0 Å². The van der Waals surface area contributed by atoms with Crippen LogP contribution in [0.5, 0.6) is 0 Å². The topological polar surface area (TPSA) is 189 Å². The number of hydrogen-bond donors (Lipinski definition) is 5. The number of phosphoric acid groups is 3. The van der Waals surface area contributed by atoms with Crippen LogP contribution in [0, 0.1) is 0 Å². The van der Waals surface area contributed by atoms with E-state index >= 15 is 0 Å². The van der Waals surface area contributed by atoms with Crippen LogP contribution in [0.15, 0.2) is 0 Å². The van der Waals surface area contributed by atoms with Crippen LogP contribution in [-0.2, 0) is 31.4 Å². The molecule has 0 rings (SSSR count). The van der Waals surface area contributed by atoms with Gasteiger partial charge >= 0.3 is 23.5 Å². The zero-order chi connectivity index (χ0) is 21.6. The predicted octanol–water partition coefficient (Wildman–Crippen LogP) is 2.51. The number of halogens is 2. The van der Waals surface area contributed by atoms with Crippen molar-refractivity contribution in [2.75, 3.05) is 22.1 Å². The van der Waals surface area contributed by atoms with Crippen LogP contribution in [0.3, 0.4) is 0 Å². The summed E-state index contributed by atoms with van der Waals surface area (Å²) in [5, 5.41) is 19.8. The molecule has 12 nitrogen and oxygen atoms in total. The van der Waals surface area contributed by atoms with Gasteiger partial charge in [-0.3, -0.25) is 9.05 Å². The maximum atomic E-state index is 12.6. The number of rotatable bonds is 14. The SMILES string of the molecule is CC(O)(CI)CCOP(=O)(OCCC(C)(O)CI)OP(=O)(O)OP(=O)(O)O. The Morgan fingerprint density at radius 2 is 1.19 bits per heavy atom. The van der Waals surface area contributed by atoms with E-state index in [9.17, 15) is 28.8 Å². The van der Waals surface area contributed by atoms with Crippen LogP contribution in [0.2, 0.25) is 0 Å². The first-order chi connectivity index (χ1) is 11.9. The summed E-state index contributed by atoms with van der Waals surface area (Å²) < 4.78 is 53.1. The van der Waals surface area contributed by atoms with Gasteiger partial charge in [-0.25, -0.2) is 13.7 Å². The van der Waals surface area contributed by atoms with E-state index in [1.54, 1.807) is 0 Å². The summed E-state index contributed by atoms with van der Waals surface area (Å²) in [5.74, 6) is 0. The molecule has 0 aliphatic carbocycles. The maximum Gasteiger partial charge on any atom is 0.490 e. The minimum Gasteiger partial charge on any atom is -0.389 e. The second-order valence-electron chi connectivity index (χ2n) is 6.00. The van der Waals surface area contributed by atoms with E-state index in [1.165, 1.54) is 13.8 Å². The summed E-state index contributed by atoms with van der Waals surface area (Å²) in [4.78, 5) is 26.6. The van der Waals surface area contributed by atoms with Gasteiger partial charge in [0.2, 0.25) is 0 Å². The van der Waals surface area contributed by atoms with Crippen LogP contribution in [0.25, 0.3) is 0 Å². The summed E-state index contributed by atoms with van der Waals surface area (Å²) in [6.45, 7) is 2.10. The van der Waals surface area contributed by atoms with Crippen LogP contribution in [0.1, 0.15) is 26.7 Å². The standard InChI is InChI=1S/C10H23I2O12P3/c1-9(13,7-11)3-5-21-27(20,22-6-4-10(2,14)8-12)24-26(18,19)23-25(15,16)17/h13-14H,3-8H2,1-2H3,(H,18,19)(H2,15,16,17). The maximum absolute atomic E-state index is 12.6. The molecule has 0 heterocycles. The highest BCUT2D eigenvalue weighted by Crippen LogP contribution is 2.68. The smallest absolute Gasteiger partial charge is 0.389 e. The molecule has 0 aromatic heterocycles. The first-order valence-electron chi connectivity index (χ1n) is 7.22. The molecule has 17 heteroatoms. The van der Waals surface area contributed by atoms with Crippen molar-refractivity contribution in [3.8, 4) is 0 Å². The molecule has 0 saturated heterocycles. The van der Waals surface area contributed by atoms with Crippen molar-refractivity contribution in [2.24, 2.45) is 0 Å². The van der Waals surface area contributed by atoms with Gasteiger partial charge < -0.3 is 24.9 Å². The first kappa shape index (κ1) is 28.8. The molecular formula is C10H23I2O12P3. The molecule has 0 fully saturated rings. The molecule has 5 N–H and O–H groups in total. The molecule has 0 aromatic carbocycles. The van der Waals surface area contributed by atoms with E-state index in [0.717, 1.165) is 0 Å². The van der Waals surface area contributed by atoms with E-state index in [1.807, 2.05) is 45.2 Å². The minimum absolute atomic E-state index is 0.0484. The predicted molar refractivity (Wildman–Crippen MR) is 112 cm³/mol. The van der Waals surface area contributed by atoms with E-state index < -0.39 is 47.9 Å². The molecule has 0 aliphatic rings. The highest BCUT2D eigenvalue weighted by atomic mass is 127. The summed E-state index contributed by atoms with van der Waals surface area (Å²) in [5.41, 5.74) is -2.39. The third kappa shape index (κ3) is 14.4. The summed E-state index contributed by atoms with van der Waals surface area (Å²) in [6.07, 6.45) is -0.0968. The fourth-order valence-corrected chi connectivity index (χ4v) is 5.57. The Morgan fingerprint density at radius 1 is 0.815 bits per heavy atom. The molecule has 0 aliphatic heterocycles. The quantitative estimate of drug-likeness (QED) is 0.103. The number of phosphoric ester groups is 1. The Labute approximate surface area is 184 Å². The van der Waals surface area contributed by atoms with E-state index in [0.29, 0.717) is 8.86 Å². The Bertz CT molecular complexity index is 580. The lowest BCUT2D eigenvalue weighted by atomic mass is 10.1. The first-order valence-corrected chi connectivity index (χ1v) is 14.8. The van der Waals surface area contributed by atoms with Crippen molar-refractivity contribution in [3.05, 3.63) is 0 Å². The summed E-state index contributed by atoms with van der Waals surface area (Å²) in [7, 11) is -15.8. The normalized spacial score (nSPS) is 21.7. The molecule has 3 atom stereocenters. The molecule has 0 aromatic rings. The molecule has 164 valence electrons. The van der Waals surface area contributed by atoms with Gasteiger partial charge in [0.25, 0.3) is 0 Å². The van der Waals surface area contributed by atoms with Gasteiger partial charge in [-0.1, -0.05) is 45.2 Å². The fraction of sp³-hybridized carbons (Fsp3) is 1.00. The highest BCUT2D eigenvalue weighted by Gasteiger charge is 2.43. The van der Waals surface area contributed by atoms with E-state index in [4.69, 9.17) is 18.8 Å². The average molecular weight is 682 g/mol. The largest absolute Gasteiger partial charge is 0.490 e. The van der Waals surface area contributed by atoms with Crippen LogP contribution in [0.4, 0.5) is 0 Å². The molecule has 3 unspecified atom stereocenters. The zero-order valence-corrected chi connectivity index (χ0v) is 21.4. The molecule has 0 spiro atoms. The van der Waals surface area contributed by atoms with Gasteiger partial charge in [0, 0.05) is 21.7 Å². The van der Waals surface area contributed by atoms with Gasteiger partial charge in [0.05, 0.1) is 24.4 Å². The van der Waals surface area contributed by atoms with Gasteiger partial charge in [-0.2, -0.15) is 8.62 Å². The third-order valence-corrected chi connectivity index (χ3v) is 10.4. The molecule has 0 saturated carbocycles. The molecule has 0 bridgehead atoms. The summed E-state index contributed by atoms with van der Waals surface area (Å²) in [6, 6.07) is 0. The van der Waals surface area contributed by atoms with Crippen molar-refractivity contribution in [3.63, 3.8) is 0 Å². The van der Waals surface area contributed by atoms with Gasteiger partial charge in [0.1, 0.15) is 0 Å². The van der Waals surface area contributed by atoms with Crippen LogP contribution >= 0.6 is 68.6 Å². The lowest BCUT2D eigenvalue weighted by molar-refractivity contribution is 0.0420. The minimum atomic E-state index is -5.52. The van der Waals surface area contributed by atoms with Crippen molar-refractivity contribution in [1.82, 2.24) is 0 Å². The number of aliphatic hydroxyl groups is 2. The van der Waals surface area contributed by atoms with Crippen LogP contribution in [-0.4, -0.2) is 58.2 Å². The number of hydrogen-bond acceptors (Lipinski definition) is 9. The zero-order valence-electron chi connectivity index (χ0n) is 14.4. The van der Waals surface area contributed by atoms with Crippen LogP contribution < -0.4 is 0 Å². The van der Waals surface area contributed by atoms with Gasteiger partial charge in [0.15, 0.2) is 0 Å². The fourth-order valence-electron chi connectivity index (χ4n) is 1.25. The Kier molecular flexibility index (Phi) is 12.2. The number of alkyl halides is 2.